The van der Waals surface area contributed by atoms with Crippen molar-refractivity contribution in [3.05, 3.63) is 41.7 Å². The molecule has 1 amide bonds. The summed E-state index contributed by atoms with van der Waals surface area (Å²) >= 11 is 0. The summed E-state index contributed by atoms with van der Waals surface area (Å²) in [4.78, 5) is 16.1. The Labute approximate surface area is 172 Å². The molecule has 1 aliphatic rings. The number of carbonyl (C=O) groups is 1. The monoisotopic (exact) mass is 414 g/mol. The number of aromatic nitrogens is 1. The first-order chi connectivity index (χ1) is 14.5. The van der Waals surface area contributed by atoms with E-state index in [0.717, 1.165) is 12.3 Å². The van der Waals surface area contributed by atoms with Crippen LogP contribution in [0.25, 0.3) is 0 Å². The second-order valence-electron chi connectivity index (χ2n) is 6.62. The first kappa shape index (κ1) is 21.1. The van der Waals surface area contributed by atoms with Gasteiger partial charge in [0.05, 0.1) is 24.1 Å². The predicted octanol–water partition coefficient (Wildman–Crippen LogP) is 1.64. The average molecular weight is 414 g/mol. The first-order valence-corrected chi connectivity index (χ1v) is 9.23. The SMILES string of the molecule is N=C/C=N\Nc1cccc(Nc2nc(N[C@@H]3CCOC[C@@H]3N)c(F)cc2C(N)=O)c1. The van der Waals surface area contributed by atoms with Gasteiger partial charge in [0.1, 0.15) is 5.82 Å². The number of hydrogen-bond acceptors (Lipinski definition) is 9. The van der Waals surface area contributed by atoms with Gasteiger partial charge in [0.15, 0.2) is 11.6 Å². The van der Waals surface area contributed by atoms with Crippen LogP contribution in [-0.4, -0.2) is 48.6 Å². The molecule has 2 aromatic rings. The summed E-state index contributed by atoms with van der Waals surface area (Å²) in [6, 6.07) is 7.48. The minimum Gasteiger partial charge on any atom is -0.380 e. The standard InChI is InChI=1S/C19H23FN8O2/c20-14-9-13(17(23)29)18(27-19(14)26-16-4-7-30-10-15(16)22)25-11-2-1-3-12(8-11)28-24-6-5-21/h1-3,5-6,8-9,15-16,21,28H,4,7,10,22H2,(H2,23,29)(H2,25,26,27)/b21-5?,24-6-/t15-,16+/m0/s1. The molecule has 0 saturated carbocycles. The van der Waals surface area contributed by atoms with E-state index < -0.39 is 11.7 Å². The molecule has 3 rings (SSSR count). The van der Waals surface area contributed by atoms with Crippen molar-refractivity contribution >= 4 is 41.3 Å². The van der Waals surface area contributed by atoms with E-state index in [-0.39, 0.29) is 29.3 Å². The molecule has 1 aromatic heterocycles. The van der Waals surface area contributed by atoms with Crippen molar-refractivity contribution < 1.29 is 13.9 Å². The lowest BCUT2D eigenvalue weighted by atomic mass is 10.0. The number of hydrazone groups is 1. The largest absolute Gasteiger partial charge is 0.380 e. The molecule has 30 heavy (non-hydrogen) atoms. The number of nitrogens with two attached hydrogens (primary N) is 2. The molecule has 1 fully saturated rings. The van der Waals surface area contributed by atoms with Crippen LogP contribution >= 0.6 is 0 Å². The molecule has 2 atom stereocenters. The first-order valence-electron chi connectivity index (χ1n) is 9.23. The fourth-order valence-electron chi connectivity index (χ4n) is 2.94. The lowest BCUT2D eigenvalue weighted by Crippen LogP contribution is -2.47. The van der Waals surface area contributed by atoms with Crippen LogP contribution in [0, 0.1) is 11.2 Å². The third-order valence-corrected chi connectivity index (χ3v) is 4.43. The quantitative estimate of drug-likeness (QED) is 0.282. The fraction of sp³-hybridized carbons (Fsp3) is 0.263. The van der Waals surface area contributed by atoms with Crippen LogP contribution in [-0.2, 0) is 4.74 Å². The third-order valence-electron chi connectivity index (χ3n) is 4.43. The Morgan fingerprint density at radius 3 is 2.87 bits per heavy atom. The average Bonchev–Trinajstić information content (AvgIpc) is 2.72. The van der Waals surface area contributed by atoms with Gasteiger partial charge in [0.2, 0.25) is 0 Å². The second kappa shape index (κ2) is 9.76. The summed E-state index contributed by atoms with van der Waals surface area (Å²) in [6.45, 7) is 0.877. The number of pyridine rings is 1. The van der Waals surface area contributed by atoms with Crippen molar-refractivity contribution in [3.8, 4) is 0 Å². The van der Waals surface area contributed by atoms with Gasteiger partial charge in [-0.3, -0.25) is 10.2 Å². The number of carbonyl (C=O) groups excluding carboxylic acids is 1. The molecule has 10 nitrogen and oxygen atoms in total. The third kappa shape index (κ3) is 5.27. The number of amides is 1. The number of primary amides is 1. The van der Waals surface area contributed by atoms with Crippen LogP contribution in [0.3, 0.4) is 0 Å². The van der Waals surface area contributed by atoms with Crippen LogP contribution in [0.4, 0.5) is 27.4 Å². The van der Waals surface area contributed by atoms with Crippen molar-refractivity contribution in [2.45, 2.75) is 18.5 Å². The molecule has 0 bridgehead atoms. The molecule has 11 heteroatoms. The Morgan fingerprint density at radius 1 is 1.33 bits per heavy atom. The molecule has 0 unspecified atom stereocenters. The van der Waals surface area contributed by atoms with Crippen LogP contribution in [0.2, 0.25) is 0 Å². The zero-order valence-electron chi connectivity index (χ0n) is 16.1. The molecule has 0 spiro atoms. The van der Waals surface area contributed by atoms with Gasteiger partial charge in [-0.15, -0.1) is 0 Å². The second-order valence-corrected chi connectivity index (χ2v) is 6.62. The maximum absolute atomic E-state index is 14.6. The van der Waals surface area contributed by atoms with Gasteiger partial charge in [-0.1, -0.05) is 6.07 Å². The van der Waals surface area contributed by atoms with E-state index in [1.165, 1.54) is 6.21 Å². The Kier molecular flexibility index (Phi) is 6.88. The van der Waals surface area contributed by atoms with Crippen LogP contribution in [0.5, 0.6) is 0 Å². The van der Waals surface area contributed by atoms with E-state index in [1.54, 1.807) is 24.3 Å². The maximum atomic E-state index is 14.6. The van der Waals surface area contributed by atoms with Crippen molar-refractivity contribution in [1.82, 2.24) is 4.98 Å². The summed E-state index contributed by atoms with van der Waals surface area (Å²) in [7, 11) is 0. The van der Waals surface area contributed by atoms with Gasteiger partial charge in [0, 0.05) is 30.6 Å². The number of hydrogen-bond donors (Lipinski definition) is 6. The minimum atomic E-state index is -0.817. The van der Waals surface area contributed by atoms with Crippen LogP contribution < -0.4 is 27.5 Å². The zero-order valence-corrected chi connectivity index (χ0v) is 16.1. The van der Waals surface area contributed by atoms with Gasteiger partial charge in [0.25, 0.3) is 5.91 Å². The molecule has 1 aromatic carbocycles. The number of rotatable bonds is 8. The molecule has 1 saturated heterocycles. The Balaban J connectivity index is 1.87. The maximum Gasteiger partial charge on any atom is 0.252 e. The number of ether oxygens (including phenoxy) is 1. The van der Waals surface area contributed by atoms with E-state index >= 15 is 0 Å². The smallest absolute Gasteiger partial charge is 0.252 e. The topological polar surface area (TPSA) is 164 Å². The van der Waals surface area contributed by atoms with Gasteiger partial charge in [-0.2, -0.15) is 5.10 Å². The number of anilines is 4. The van der Waals surface area contributed by atoms with E-state index in [2.05, 4.69) is 26.1 Å². The number of nitrogens with zero attached hydrogens (tertiary/aromatic N) is 2. The van der Waals surface area contributed by atoms with Gasteiger partial charge < -0.3 is 32.2 Å². The predicted molar refractivity (Wildman–Crippen MR) is 114 cm³/mol. The van der Waals surface area contributed by atoms with Gasteiger partial charge in [-0.25, -0.2) is 9.37 Å². The van der Waals surface area contributed by atoms with Gasteiger partial charge in [-0.05, 0) is 30.7 Å². The highest BCUT2D eigenvalue weighted by Gasteiger charge is 2.25. The minimum absolute atomic E-state index is 0.0327. The van der Waals surface area contributed by atoms with Crippen LogP contribution in [0.15, 0.2) is 35.4 Å². The molecule has 0 aliphatic carbocycles. The van der Waals surface area contributed by atoms with Crippen molar-refractivity contribution in [3.63, 3.8) is 0 Å². The highest BCUT2D eigenvalue weighted by Crippen LogP contribution is 2.26. The van der Waals surface area contributed by atoms with Crippen molar-refractivity contribution in [1.29, 1.82) is 5.41 Å². The fourth-order valence-corrected chi connectivity index (χ4v) is 2.94. The molecule has 1 aliphatic heterocycles. The lowest BCUT2D eigenvalue weighted by Gasteiger charge is -2.30. The molecular formula is C19H23FN8O2. The van der Waals surface area contributed by atoms with E-state index in [4.69, 9.17) is 21.6 Å². The van der Waals surface area contributed by atoms with E-state index in [1.807, 2.05) is 0 Å². The molecule has 8 N–H and O–H groups in total. The molecule has 2 heterocycles. The van der Waals surface area contributed by atoms with Gasteiger partial charge >= 0.3 is 0 Å². The number of nitrogens with one attached hydrogen (secondary N) is 4. The molecule has 0 radical (unpaired) electrons. The van der Waals surface area contributed by atoms with Crippen LogP contribution in [0.1, 0.15) is 16.8 Å². The summed E-state index contributed by atoms with van der Waals surface area (Å²) in [5.41, 5.74) is 15.3. The Hall–Kier alpha value is -3.57. The Morgan fingerprint density at radius 2 is 2.13 bits per heavy atom. The highest BCUT2D eigenvalue weighted by atomic mass is 19.1. The summed E-state index contributed by atoms with van der Waals surface area (Å²) in [5, 5.41) is 16.8. The summed E-state index contributed by atoms with van der Waals surface area (Å²) in [6.07, 6.45) is 2.92. The zero-order chi connectivity index (χ0) is 21.5. The molecule has 158 valence electrons. The number of halogens is 1. The van der Waals surface area contributed by atoms with Crippen molar-refractivity contribution in [2.75, 3.05) is 29.3 Å². The Bertz CT molecular complexity index is 952. The molecular weight excluding hydrogens is 391 g/mol. The number of benzene rings is 1. The highest BCUT2D eigenvalue weighted by molar-refractivity contribution is 6.14. The lowest BCUT2D eigenvalue weighted by molar-refractivity contribution is 0.0751. The van der Waals surface area contributed by atoms with E-state index in [0.29, 0.717) is 31.0 Å². The summed E-state index contributed by atoms with van der Waals surface area (Å²) < 4.78 is 19.9. The van der Waals surface area contributed by atoms with Crippen molar-refractivity contribution in [2.24, 2.45) is 16.6 Å². The summed E-state index contributed by atoms with van der Waals surface area (Å²) in [5.74, 6) is -1.45. The normalized spacial score (nSPS) is 18.7. The van der Waals surface area contributed by atoms with E-state index in [9.17, 15) is 9.18 Å².